The van der Waals surface area contributed by atoms with Crippen molar-refractivity contribution in [2.24, 2.45) is 23.7 Å². The number of imide groups is 1. The lowest BCUT2D eigenvalue weighted by molar-refractivity contribution is -0.122. The predicted octanol–water partition coefficient (Wildman–Crippen LogP) is 4.13. The summed E-state index contributed by atoms with van der Waals surface area (Å²) in [6, 6.07) is 7.02. The van der Waals surface area contributed by atoms with Crippen LogP contribution in [0.4, 0.5) is 5.69 Å². The average Bonchev–Trinajstić information content (AvgIpc) is 3.30. The topological polar surface area (TPSA) is 37.4 Å². The summed E-state index contributed by atoms with van der Waals surface area (Å²) in [5.41, 5.74) is 3.51. The number of nitrogens with zero attached hydrogens (tertiary/aromatic N) is 1. The van der Waals surface area contributed by atoms with Crippen molar-refractivity contribution < 1.29 is 9.59 Å². The van der Waals surface area contributed by atoms with Crippen LogP contribution >= 0.6 is 11.6 Å². The molecule has 0 aromatic heterocycles. The standard InChI is InChI=1S/C20H18ClNO2/c21-12-6-3-7-13(10-12)22-19(23)17-14-8-9-15(18(17)20(22)24)16(14)11-4-1-2-5-11/h3,6-10,14-15,17-18H,1-2,4-5H2/t14-,15-,17+,18+/m0/s1. The number of halogens is 1. The molecule has 2 amide bonds. The van der Waals surface area contributed by atoms with Gasteiger partial charge in [-0.15, -0.1) is 0 Å². The van der Waals surface area contributed by atoms with E-state index in [1.807, 2.05) is 0 Å². The second-order valence-corrected chi connectivity index (χ2v) is 7.68. The van der Waals surface area contributed by atoms with Gasteiger partial charge in [-0.1, -0.05) is 41.0 Å². The van der Waals surface area contributed by atoms with Crippen LogP contribution in [0, 0.1) is 23.7 Å². The molecule has 24 heavy (non-hydrogen) atoms. The van der Waals surface area contributed by atoms with Crippen LogP contribution in [0.25, 0.3) is 0 Å². The fourth-order valence-corrected chi connectivity index (χ4v) is 5.38. The van der Waals surface area contributed by atoms with Gasteiger partial charge in [0.25, 0.3) is 0 Å². The van der Waals surface area contributed by atoms with Crippen LogP contribution in [0.15, 0.2) is 47.6 Å². The number of anilines is 1. The Hall–Kier alpha value is -1.87. The van der Waals surface area contributed by atoms with Gasteiger partial charge in [0.2, 0.25) is 11.8 Å². The number of fused-ring (bicyclic) bond motifs is 5. The zero-order chi connectivity index (χ0) is 16.4. The highest BCUT2D eigenvalue weighted by Gasteiger charge is 2.62. The lowest BCUT2D eigenvalue weighted by Gasteiger charge is -2.20. The number of hydrogen-bond donors (Lipinski definition) is 0. The summed E-state index contributed by atoms with van der Waals surface area (Å²) < 4.78 is 0. The number of hydrogen-bond acceptors (Lipinski definition) is 2. The Morgan fingerprint density at radius 1 is 0.958 bits per heavy atom. The Bertz CT molecular complexity index is 783. The van der Waals surface area contributed by atoms with Gasteiger partial charge in [-0.2, -0.15) is 0 Å². The number of allylic oxidation sites excluding steroid dienone is 4. The van der Waals surface area contributed by atoms with Gasteiger partial charge >= 0.3 is 0 Å². The van der Waals surface area contributed by atoms with Crippen LogP contribution in [-0.2, 0) is 9.59 Å². The maximum Gasteiger partial charge on any atom is 0.238 e. The van der Waals surface area contributed by atoms with E-state index in [1.54, 1.807) is 24.3 Å². The zero-order valence-electron chi connectivity index (χ0n) is 13.2. The Morgan fingerprint density at radius 3 is 2.17 bits per heavy atom. The molecule has 4 atom stereocenters. The summed E-state index contributed by atoms with van der Waals surface area (Å²) in [6.07, 6.45) is 9.10. The molecule has 1 aliphatic heterocycles. The SMILES string of the molecule is O=C1[C@H]2[C@H](C(=O)N1c1cccc(Cl)c1)[C@H]1C=C[C@H]2C1=C1CCCC1. The Labute approximate surface area is 146 Å². The molecule has 2 saturated carbocycles. The highest BCUT2D eigenvalue weighted by Crippen LogP contribution is 2.58. The van der Waals surface area contributed by atoms with Crippen molar-refractivity contribution in [1.82, 2.24) is 0 Å². The molecule has 3 nitrogen and oxygen atoms in total. The highest BCUT2D eigenvalue weighted by molar-refractivity contribution is 6.31. The van der Waals surface area contributed by atoms with Crippen molar-refractivity contribution >= 4 is 29.1 Å². The molecule has 3 fully saturated rings. The van der Waals surface area contributed by atoms with E-state index in [1.165, 1.54) is 28.9 Å². The number of amides is 2. The van der Waals surface area contributed by atoms with Gasteiger partial charge in [0.05, 0.1) is 17.5 Å². The van der Waals surface area contributed by atoms with Crippen molar-refractivity contribution in [2.45, 2.75) is 25.7 Å². The van der Waals surface area contributed by atoms with E-state index in [9.17, 15) is 9.59 Å². The fraction of sp³-hybridized carbons (Fsp3) is 0.400. The summed E-state index contributed by atoms with van der Waals surface area (Å²) in [6.45, 7) is 0. The van der Waals surface area contributed by atoms with Crippen molar-refractivity contribution in [3.63, 3.8) is 0 Å². The zero-order valence-corrected chi connectivity index (χ0v) is 14.0. The molecule has 0 N–H and O–H groups in total. The van der Waals surface area contributed by atoms with E-state index in [4.69, 9.17) is 11.6 Å². The van der Waals surface area contributed by atoms with Crippen LogP contribution in [-0.4, -0.2) is 11.8 Å². The Morgan fingerprint density at radius 2 is 1.58 bits per heavy atom. The highest BCUT2D eigenvalue weighted by atomic mass is 35.5. The monoisotopic (exact) mass is 339 g/mol. The average molecular weight is 340 g/mol. The minimum absolute atomic E-state index is 0.0554. The van der Waals surface area contributed by atoms with E-state index in [-0.39, 0.29) is 35.5 Å². The number of rotatable bonds is 1. The van der Waals surface area contributed by atoms with Gasteiger partial charge in [0.15, 0.2) is 0 Å². The van der Waals surface area contributed by atoms with Gasteiger partial charge in [0, 0.05) is 16.9 Å². The minimum Gasteiger partial charge on any atom is -0.274 e. The maximum atomic E-state index is 13.1. The first kappa shape index (κ1) is 14.5. The van der Waals surface area contributed by atoms with Crippen molar-refractivity contribution in [2.75, 3.05) is 4.90 Å². The van der Waals surface area contributed by atoms with E-state index >= 15 is 0 Å². The molecule has 5 rings (SSSR count). The Kier molecular flexibility index (Phi) is 3.05. The van der Waals surface area contributed by atoms with Crippen molar-refractivity contribution in [3.05, 3.63) is 52.6 Å². The van der Waals surface area contributed by atoms with Gasteiger partial charge in [-0.05, 0) is 43.9 Å². The van der Waals surface area contributed by atoms with E-state index in [2.05, 4.69) is 12.2 Å². The van der Waals surface area contributed by atoms with Crippen LogP contribution in [0.5, 0.6) is 0 Å². The summed E-state index contributed by atoms with van der Waals surface area (Å²) in [5.74, 6) is -0.271. The molecule has 0 spiro atoms. The molecule has 4 aliphatic rings. The molecule has 1 aromatic rings. The smallest absolute Gasteiger partial charge is 0.238 e. The summed E-state index contributed by atoms with van der Waals surface area (Å²) in [7, 11) is 0. The first-order valence-corrected chi connectivity index (χ1v) is 9.08. The first-order valence-electron chi connectivity index (χ1n) is 8.70. The third kappa shape index (κ3) is 1.79. The molecule has 2 bridgehead atoms. The molecular weight excluding hydrogens is 322 g/mol. The quantitative estimate of drug-likeness (QED) is 0.570. The lowest BCUT2D eigenvalue weighted by Crippen LogP contribution is -2.33. The predicted molar refractivity (Wildman–Crippen MR) is 92.5 cm³/mol. The van der Waals surface area contributed by atoms with E-state index < -0.39 is 0 Å². The summed E-state index contributed by atoms with van der Waals surface area (Å²) in [5, 5.41) is 0.542. The Balaban J connectivity index is 1.56. The molecule has 1 aromatic carbocycles. The fourth-order valence-electron chi connectivity index (χ4n) is 5.19. The van der Waals surface area contributed by atoms with Gasteiger partial charge in [0.1, 0.15) is 0 Å². The van der Waals surface area contributed by atoms with Crippen molar-refractivity contribution in [1.29, 1.82) is 0 Å². The third-order valence-electron chi connectivity index (χ3n) is 6.10. The molecule has 3 aliphatic carbocycles. The van der Waals surface area contributed by atoms with Gasteiger partial charge in [-0.25, -0.2) is 4.90 Å². The minimum atomic E-state index is -0.213. The molecule has 0 unspecified atom stereocenters. The molecular formula is C20H18ClNO2. The molecule has 1 saturated heterocycles. The van der Waals surface area contributed by atoms with Crippen LogP contribution in [0.2, 0.25) is 5.02 Å². The maximum absolute atomic E-state index is 13.1. The second kappa shape index (κ2) is 5.06. The van der Waals surface area contributed by atoms with E-state index in [0.717, 1.165) is 12.8 Å². The number of benzene rings is 1. The third-order valence-corrected chi connectivity index (χ3v) is 6.33. The first-order chi connectivity index (χ1) is 11.7. The lowest BCUT2D eigenvalue weighted by atomic mass is 9.85. The van der Waals surface area contributed by atoms with Crippen LogP contribution in [0.3, 0.4) is 0 Å². The number of carbonyl (C=O) groups is 2. The van der Waals surface area contributed by atoms with Crippen LogP contribution in [0.1, 0.15) is 25.7 Å². The molecule has 4 heteroatoms. The van der Waals surface area contributed by atoms with Crippen molar-refractivity contribution in [3.8, 4) is 0 Å². The second-order valence-electron chi connectivity index (χ2n) is 7.25. The molecule has 122 valence electrons. The molecule has 0 radical (unpaired) electrons. The summed E-state index contributed by atoms with van der Waals surface area (Å²) in [4.78, 5) is 27.5. The largest absolute Gasteiger partial charge is 0.274 e. The van der Waals surface area contributed by atoms with Gasteiger partial charge < -0.3 is 0 Å². The van der Waals surface area contributed by atoms with Crippen LogP contribution < -0.4 is 4.90 Å². The van der Waals surface area contributed by atoms with Gasteiger partial charge in [-0.3, -0.25) is 9.59 Å². The number of carbonyl (C=O) groups excluding carboxylic acids is 2. The normalized spacial score (nSPS) is 34.0. The summed E-state index contributed by atoms with van der Waals surface area (Å²) >= 11 is 6.05. The molecule has 1 heterocycles. The van der Waals surface area contributed by atoms with E-state index in [0.29, 0.717) is 10.7 Å².